The summed E-state index contributed by atoms with van der Waals surface area (Å²) < 4.78 is 5.87. The van der Waals surface area contributed by atoms with Crippen LogP contribution in [0.15, 0.2) is 12.1 Å². The van der Waals surface area contributed by atoms with Gasteiger partial charge in [-0.15, -0.1) is 11.3 Å². The lowest BCUT2D eigenvalue weighted by Crippen LogP contribution is -2.20. The molecule has 20 heavy (non-hydrogen) atoms. The van der Waals surface area contributed by atoms with Gasteiger partial charge in [-0.2, -0.15) is 15.0 Å². The van der Waals surface area contributed by atoms with Gasteiger partial charge in [-0.3, -0.25) is 0 Å². The van der Waals surface area contributed by atoms with Crippen molar-refractivity contribution in [3.05, 3.63) is 21.3 Å². The van der Waals surface area contributed by atoms with Crippen LogP contribution >= 0.6 is 22.9 Å². The third kappa shape index (κ3) is 3.71. The Balaban J connectivity index is 2.19. The molecule has 0 aliphatic carbocycles. The van der Waals surface area contributed by atoms with E-state index in [2.05, 4.69) is 20.3 Å². The topological polar surface area (TPSA) is 63.2 Å². The number of hydrogen-bond donors (Lipinski definition) is 1. The Morgan fingerprint density at radius 1 is 1.35 bits per heavy atom. The van der Waals surface area contributed by atoms with E-state index in [0.29, 0.717) is 24.5 Å². The lowest BCUT2D eigenvalue weighted by Gasteiger charge is -2.17. The molecule has 0 spiro atoms. The SMILES string of the molecule is CCNc1nc(OC)nc(N(C)Cc2ccc(Cl)s2)n1. The summed E-state index contributed by atoms with van der Waals surface area (Å²) in [6, 6.07) is 4.17. The van der Waals surface area contributed by atoms with Crippen molar-refractivity contribution in [1.82, 2.24) is 15.0 Å². The fourth-order valence-corrected chi connectivity index (χ4v) is 2.73. The Hall–Kier alpha value is -1.60. The summed E-state index contributed by atoms with van der Waals surface area (Å²) in [5, 5.41) is 3.06. The van der Waals surface area contributed by atoms with Crippen molar-refractivity contribution >= 4 is 34.8 Å². The van der Waals surface area contributed by atoms with Crippen molar-refractivity contribution in [2.24, 2.45) is 0 Å². The molecule has 2 heterocycles. The average Bonchev–Trinajstić information content (AvgIpc) is 2.84. The molecule has 0 saturated carbocycles. The molecule has 0 bridgehead atoms. The molecule has 0 radical (unpaired) electrons. The minimum Gasteiger partial charge on any atom is -0.467 e. The van der Waals surface area contributed by atoms with Gasteiger partial charge in [0.2, 0.25) is 11.9 Å². The largest absolute Gasteiger partial charge is 0.467 e. The number of nitrogens with one attached hydrogen (secondary N) is 1. The van der Waals surface area contributed by atoms with Gasteiger partial charge in [0.05, 0.1) is 18.0 Å². The van der Waals surface area contributed by atoms with Gasteiger partial charge in [0, 0.05) is 18.5 Å². The number of aromatic nitrogens is 3. The Bertz CT molecular complexity index is 577. The summed E-state index contributed by atoms with van der Waals surface area (Å²) in [5.41, 5.74) is 0. The number of ether oxygens (including phenoxy) is 1. The maximum absolute atomic E-state index is 5.93. The van der Waals surface area contributed by atoms with Gasteiger partial charge in [0.1, 0.15) is 0 Å². The number of hydrogen-bond acceptors (Lipinski definition) is 7. The van der Waals surface area contributed by atoms with Crippen LogP contribution in [0.3, 0.4) is 0 Å². The Morgan fingerprint density at radius 2 is 2.15 bits per heavy atom. The number of methoxy groups -OCH3 is 1. The van der Waals surface area contributed by atoms with Gasteiger partial charge in [0.25, 0.3) is 0 Å². The number of rotatable bonds is 6. The number of anilines is 2. The smallest absolute Gasteiger partial charge is 0.322 e. The maximum Gasteiger partial charge on any atom is 0.322 e. The van der Waals surface area contributed by atoms with Gasteiger partial charge >= 0.3 is 6.01 Å². The Morgan fingerprint density at radius 3 is 2.75 bits per heavy atom. The minimum atomic E-state index is 0.294. The van der Waals surface area contributed by atoms with Crippen molar-refractivity contribution in [3.8, 4) is 6.01 Å². The lowest BCUT2D eigenvalue weighted by atomic mass is 10.4. The zero-order valence-electron chi connectivity index (χ0n) is 11.6. The van der Waals surface area contributed by atoms with Crippen LogP contribution in [-0.2, 0) is 6.54 Å². The summed E-state index contributed by atoms with van der Waals surface area (Å²) >= 11 is 7.47. The third-order valence-corrected chi connectivity index (χ3v) is 3.70. The normalized spacial score (nSPS) is 10.4. The van der Waals surface area contributed by atoms with Crippen molar-refractivity contribution in [2.75, 3.05) is 30.9 Å². The van der Waals surface area contributed by atoms with Crippen molar-refractivity contribution in [3.63, 3.8) is 0 Å². The van der Waals surface area contributed by atoms with Crippen LogP contribution in [0, 0.1) is 0 Å². The molecule has 1 N–H and O–H groups in total. The molecule has 0 unspecified atom stereocenters. The lowest BCUT2D eigenvalue weighted by molar-refractivity contribution is 0.379. The van der Waals surface area contributed by atoms with Crippen LogP contribution in [0.4, 0.5) is 11.9 Å². The zero-order chi connectivity index (χ0) is 14.5. The molecule has 0 amide bonds. The molecule has 8 heteroatoms. The molecule has 0 saturated heterocycles. The van der Waals surface area contributed by atoms with Crippen molar-refractivity contribution in [1.29, 1.82) is 0 Å². The summed E-state index contributed by atoms with van der Waals surface area (Å²) in [4.78, 5) is 15.8. The van der Waals surface area contributed by atoms with E-state index in [1.54, 1.807) is 11.3 Å². The molecule has 0 aromatic carbocycles. The van der Waals surface area contributed by atoms with Crippen molar-refractivity contribution < 1.29 is 4.74 Å². The molecule has 0 fully saturated rings. The first-order chi connectivity index (χ1) is 9.62. The van der Waals surface area contributed by atoms with E-state index in [-0.39, 0.29) is 0 Å². The predicted octanol–water partition coefficient (Wildman–Crippen LogP) is 2.66. The van der Waals surface area contributed by atoms with Crippen LogP contribution in [0.5, 0.6) is 6.01 Å². The van der Waals surface area contributed by atoms with E-state index >= 15 is 0 Å². The molecular weight excluding hydrogens is 298 g/mol. The molecule has 0 aliphatic rings. The van der Waals surface area contributed by atoms with E-state index in [9.17, 15) is 0 Å². The fourth-order valence-electron chi connectivity index (χ4n) is 1.59. The van der Waals surface area contributed by atoms with E-state index in [0.717, 1.165) is 15.8 Å². The Kier molecular flexibility index (Phi) is 4.97. The quantitative estimate of drug-likeness (QED) is 0.884. The van der Waals surface area contributed by atoms with Gasteiger partial charge in [-0.05, 0) is 19.1 Å². The van der Waals surface area contributed by atoms with Gasteiger partial charge < -0.3 is 15.0 Å². The first kappa shape index (κ1) is 14.8. The fraction of sp³-hybridized carbons (Fsp3) is 0.417. The third-order valence-electron chi connectivity index (χ3n) is 2.48. The number of halogens is 1. The monoisotopic (exact) mass is 313 g/mol. The maximum atomic E-state index is 5.93. The summed E-state index contributed by atoms with van der Waals surface area (Å²) in [5.74, 6) is 1.06. The summed E-state index contributed by atoms with van der Waals surface area (Å²) in [6.07, 6.45) is 0. The molecule has 2 rings (SSSR count). The molecule has 108 valence electrons. The number of nitrogens with zero attached hydrogens (tertiary/aromatic N) is 4. The number of thiophene rings is 1. The van der Waals surface area contributed by atoms with Crippen molar-refractivity contribution in [2.45, 2.75) is 13.5 Å². The molecule has 0 atom stereocenters. The minimum absolute atomic E-state index is 0.294. The molecule has 0 aliphatic heterocycles. The summed E-state index contributed by atoms with van der Waals surface area (Å²) in [6.45, 7) is 3.39. The van der Waals surface area contributed by atoms with Crippen LogP contribution < -0.4 is 15.0 Å². The van der Waals surface area contributed by atoms with Gasteiger partial charge in [-0.25, -0.2) is 0 Å². The Labute approximate surface area is 126 Å². The highest BCUT2D eigenvalue weighted by molar-refractivity contribution is 7.16. The highest BCUT2D eigenvalue weighted by Gasteiger charge is 2.11. The zero-order valence-corrected chi connectivity index (χ0v) is 13.1. The van der Waals surface area contributed by atoms with Crippen LogP contribution in [0.1, 0.15) is 11.8 Å². The van der Waals surface area contributed by atoms with E-state index in [1.165, 1.54) is 7.11 Å². The second-order valence-electron chi connectivity index (χ2n) is 4.04. The van der Waals surface area contributed by atoms with E-state index in [4.69, 9.17) is 16.3 Å². The first-order valence-electron chi connectivity index (χ1n) is 6.11. The van der Waals surface area contributed by atoms with Crippen LogP contribution in [-0.4, -0.2) is 35.7 Å². The predicted molar refractivity (Wildman–Crippen MR) is 82.0 cm³/mol. The molecule has 2 aromatic rings. The van der Waals surface area contributed by atoms with E-state index in [1.807, 2.05) is 31.0 Å². The van der Waals surface area contributed by atoms with Gasteiger partial charge in [0.15, 0.2) is 0 Å². The second-order valence-corrected chi connectivity index (χ2v) is 5.84. The standard InChI is InChI=1S/C12H16ClN5OS/c1-4-14-10-15-11(17-12(16-10)19-3)18(2)7-8-5-6-9(13)20-8/h5-6H,4,7H2,1-3H3,(H,14,15,16,17). The highest BCUT2D eigenvalue weighted by atomic mass is 35.5. The highest BCUT2D eigenvalue weighted by Crippen LogP contribution is 2.24. The first-order valence-corrected chi connectivity index (χ1v) is 7.31. The molecular formula is C12H16ClN5OS. The van der Waals surface area contributed by atoms with E-state index < -0.39 is 0 Å². The van der Waals surface area contributed by atoms with Gasteiger partial charge in [-0.1, -0.05) is 11.6 Å². The molecule has 6 nitrogen and oxygen atoms in total. The van der Waals surface area contributed by atoms with Crippen LogP contribution in [0.2, 0.25) is 4.34 Å². The second kappa shape index (κ2) is 6.71. The average molecular weight is 314 g/mol. The summed E-state index contributed by atoms with van der Waals surface area (Å²) in [7, 11) is 3.45. The molecule has 2 aromatic heterocycles. The van der Waals surface area contributed by atoms with Crippen LogP contribution in [0.25, 0.3) is 0 Å².